The Hall–Kier alpha value is -2.78. The summed E-state index contributed by atoms with van der Waals surface area (Å²) in [6.07, 6.45) is 0.989. The summed E-state index contributed by atoms with van der Waals surface area (Å²) in [5, 5.41) is 2.79. The fourth-order valence-electron chi connectivity index (χ4n) is 3.50. The molecular formula is C21H24FN3O4S. The van der Waals surface area contributed by atoms with Crippen molar-refractivity contribution in [3.8, 4) is 0 Å². The second-order valence-electron chi connectivity index (χ2n) is 7.68. The molecule has 0 aliphatic carbocycles. The van der Waals surface area contributed by atoms with Gasteiger partial charge in [-0.3, -0.25) is 14.5 Å². The molecule has 0 radical (unpaired) electrons. The third-order valence-electron chi connectivity index (χ3n) is 5.14. The number of nitrogens with one attached hydrogen (secondary N) is 1. The van der Waals surface area contributed by atoms with Gasteiger partial charge in [0.25, 0.3) is 0 Å². The van der Waals surface area contributed by atoms with Crippen LogP contribution in [0.3, 0.4) is 0 Å². The molecule has 2 aromatic carbocycles. The van der Waals surface area contributed by atoms with Crippen molar-refractivity contribution >= 4 is 27.5 Å². The summed E-state index contributed by atoms with van der Waals surface area (Å²) in [5.41, 5.74) is 0.575. The lowest BCUT2D eigenvalue weighted by Gasteiger charge is -2.46. The number of piperazine rings is 1. The molecule has 0 spiro atoms. The smallest absolute Gasteiger partial charge is 0.247 e. The van der Waals surface area contributed by atoms with Crippen molar-refractivity contribution in [3.63, 3.8) is 0 Å². The maximum atomic E-state index is 13.8. The molecule has 0 bridgehead atoms. The summed E-state index contributed by atoms with van der Waals surface area (Å²) in [5.74, 6) is -1.70. The zero-order valence-corrected chi connectivity index (χ0v) is 17.9. The van der Waals surface area contributed by atoms with E-state index < -0.39 is 39.7 Å². The molecule has 160 valence electrons. The van der Waals surface area contributed by atoms with Crippen molar-refractivity contribution in [3.05, 3.63) is 65.5 Å². The van der Waals surface area contributed by atoms with E-state index in [4.69, 9.17) is 0 Å². The summed E-state index contributed by atoms with van der Waals surface area (Å²) in [6, 6.07) is 12.9. The minimum absolute atomic E-state index is 0.195. The number of benzene rings is 2. The Labute approximate surface area is 175 Å². The number of aryl methyl sites for hydroxylation is 1. The van der Waals surface area contributed by atoms with E-state index in [0.717, 1.165) is 27.8 Å². The second-order valence-corrected chi connectivity index (χ2v) is 9.66. The maximum Gasteiger partial charge on any atom is 0.247 e. The number of nitrogens with zero attached hydrogens (tertiary/aromatic N) is 2. The Kier molecular flexibility index (Phi) is 5.96. The molecule has 1 N–H and O–H groups in total. The highest BCUT2D eigenvalue weighted by Gasteiger charge is 2.50. The molecule has 30 heavy (non-hydrogen) atoms. The summed E-state index contributed by atoms with van der Waals surface area (Å²) >= 11 is 0. The van der Waals surface area contributed by atoms with Gasteiger partial charge in [-0.2, -0.15) is 4.31 Å². The summed E-state index contributed by atoms with van der Waals surface area (Å²) in [6.45, 7) is 2.98. The molecule has 1 fully saturated rings. The van der Waals surface area contributed by atoms with Crippen molar-refractivity contribution in [2.24, 2.45) is 0 Å². The number of rotatable bonds is 5. The van der Waals surface area contributed by atoms with Gasteiger partial charge in [-0.15, -0.1) is 0 Å². The quantitative estimate of drug-likeness (QED) is 0.779. The zero-order valence-electron chi connectivity index (χ0n) is 17.1. The highest BCUT2D eigenvalue weighted by Crippen LogP contribution is 2.31. The lowest BCUT2D eigenvalue weighted by molar-refractivity contribution is -0.133. The normalized spacial score (nSPS) is 20.3. The average Bonchev–Trinajstić information content (AvgIpc) is 2.66. The third kappa shape index (κ3) is 4.52. The number of halogens is 1. The van der Waals surface area contributed by atoms with Crippen molar-refractivity contribution in [1.82, 2.24) is 9.62 Å². The monoisotopic (exact) mass is 433 g/mol. The minimum atomic E-state index is -3.72. The van der Waals surface area contributed by atoms with E-state index in [2.05, 4.69) is 5.32 Å². The Balaban J connectivity index is 1.95. The molecule has 1 atom stereocenters. The summed E-state index contributed by atoms with van der Waals surface area (Å²) in [4.78, 5) is 27.3. The maximum absolute atomic E-state index is 13.8. The van der Waals surface area contributed by atoms with E-state index in [1.165, 1.54) is 30.0 Å². The van der Waals surface area contributed by atoms with Crippen LogP contribution in [0.15, 0.2) is 48.5 Å². The molecule has 2 aromatic rings. The van der Waals surface area contributed by atoms with Crippen molar-refractivity contribution in [2.45, 2.75) is 25.9 Å². The standard InChI is InChI=1S/C21H24FN3O4S/c1-15-7-9-16(10-8-15)12-23-20(27)21(2)14-24(30(3,28)29)13-19(26)25(21)18-6-4-5-17(22)11-18/h4-11H,12-14H2,1-3H3,(H,23,27). The predicted molar refractivity (Wildman–Crippen MR) is 112 cm³/mol. The van der Waals surface area contributed by atoms with Gasteiger partial charge in [0.2, 0.25) is 21.8 Å². The highest BCUT2D eigenvalue weighted by molar-refractivity contribution is 7.88. The number of hydrogen-bond donors (Lipinski definition) is 1. The fraction of sp³-hybridized carbons (Fsp3) is 0.333. The number of carbonyl (C=O) groups is 2. The topological polar surface area (TPSA) is 86.8 Å². The Morgan fingerprint density at radius 2 is 1.87 bits per heavy atom. The Morgan fingerprint density at radius 1 is 1.20 bits per heavy atom. The van der Waals surface area contributed by atoms with E-state index in [-0.39, 0.29) is 18.8 Å². The van der Waals surface area contributed by atoms with Gasteiger partial charge in [0, 0.05) is 18.8 Å². The number of hydrogen-bond acceptors (Lipinski definition) is 4. The first-order valence-corrected chi connectivity index (χ1v) is 11.2. The van der Waals surface area contributed by atoms with E-state index in [0.29, 0.717) is 0 Å². The van der Waals surface area contributed by atoms with Crippen LogP contribution in [0.4, 0.5) is 10.1 Å². The van der Waals surface area contributed by atoms with E-state index in [9.17, 15) is 22.4 Å². The molecule has 7 nitrogen and oxygen atoms in total. The first-order chi connectivity index (χ1) is 14.0. The lowest BCUT2D eigenvalue weighted by Crippen LogP contribution is -2.70. The van der Waals surface area contributed by atoms with Crippen LogP contribution in [0.5, 0.6) is 0 Å². The van der Waals surface area contributed by atoms with Crippen LogP contribution in [0, 0.1) is 12.7 Å². The third-order valence-corrected chi connectivity index (χ3v) is 6.33. The van der Waals surface area contributed by atoms with Gasteiger partial charge in [0.15, 0.2) is 0 Å². The van der Waals surface area contributed by atoms with Crippen molar-refractivity contribution < 1.29 is 22.4 Å². The Bertz CT molecular complexity index is 1070. The number of carbonyl (C=O) groups excluding carboxylic acids is 2. The highest BCUT2D eigenvalue weighted by atomic mass is 32.2. The summed E-state index contributed by atoms with van der Waals surface area (Å²) in [7, 11) is -3.72. The first kappa shape index (κ1) is 21.9. The SMILES string of the molecule is Cc1ccc(CNC(=O)C2(C)CN(S(C)(=O)=O)CC(=O)N2c2cccc(F)c2)cc1. The lowest BCUT2D eigenvalue weighted by atomic mass is 9.94. The van der Waals surface area contributed by atoms with Gasteiger partial charge in [0.05, 0.1) is 12.8 Å². The molecule has 1 unspecified atom stereocenters. The molecule has 9 heteroatoms. The number of sulfonamides is 1. The number of amides is 2. The van der Waals surface area contributed by atoms with Gasteiger partial charge in [-0.1, -0.05) is 35.9 Å². The molecular weight excluding hydrogens is 409 g/mol. The van der Waals surface area contributed by atoms with Crippen LogP contribution in [-0.4, -0.2) is 49.4 Å². The largest absolute Gasteiger partial charge is 0.350 e. The molecule has 0 saturated carbocycles. The van der Waals surface area contributed by atoms with Crippen LogP contribution in [-0.2, 0) is 26.2 Å². The first-order valence-electron chi connectivity index (χ1n) is 9.38. The summed E-state index contributed by atoms with van der Waals surface area (Å²) < 4.78 is 39.0. The number of anilines is 1. The van der Waals surface area contributed by atoms with Gasteiger partial charge in [-0.05, 0) is 37.6 Å². The van der Waals surface area contributed by atoms with E-state index >= 15 is 0 Å². The van der Waals surface area contributed by atoms with Crippen molar-refractivity contribution in [2.75, 3.05) is 24.2 Å². The average molecular weight is 434 g/mol. The molecule has 1 saturated heterocycles. The van der Waals surface area contributed by atoms with Crippen LogP contribution in [0.1, 0.15) is 18.1 Å². The van der Waals surface area contributed by atoms with Gasteiger partial charge < -0.3 is 5.32 Å². The molecule has 0 aromatic heterocycles. The molecule has 1 heterocycles. The fourth-order valence-corrected chi connectivity index (χ4v) is 4.33. The molecule has 3 rings (SSSR count). The van der Waals surface area contributed by atoms with Crippen molar-refractivity contribution in [1.29, 1.82) is 0 Å². The predicted octanol–water partition coefficient (Wildman–Crippen LogP) is 1.82. The molecule has 1 aliphatic rings. The minimum Gasteiger partial charge on any atom is -0.350 e. The van der Waals surface area contributed by atoms with E-state index in [1.807, 2.05) is 31.2 Å². The zero-order chi connectivity index (χ0) is 22.1. The van der Waals surface area contributed by atoms with E-state index in [1.54, 1.807) is 0 Å². The van der Waals surface area contributed by atoms with Gasteiger partial charge >= 0.3 is 0 Å². The van der Waals surface area contributed by atoms with Gasteiger partial charge in [0.1, 0.15) is 11.4 Å². The molecule has 2 amide bonds. The van der Waals surface area contributed by atoms with Crippen LogP contribution in [0.2, 0.25) is 0 Å². The Morgan fingerprint density at radius 3 is 2.47 bits per heavy atom. The van der Waals surface area contributed by atoms with Crippen LogP contribution >= 0.6 is 0 Å². The van der Waals surface area contributed by atoms with Crippen LogP contribution in [0.25, 0.3) is 0 Å². The van der Waals surface area contributed by atoms with Gasteiger partial charge in [-0.25, -0.2) is 12.8 Å². The van der Waals surface area contributed by atoms with Crippen LogP contribution < -0.4 is 10.2 Å². The molecule has 1 aliphatic heterocycles. The second kappa shape index (κ2) is 8.16.